The van der Waals surface area contributed by atoms with Gasteiger partial charge in [-0.15, -0.1) is 11.3 Å². The Morgan fingerprint density at radius 1 is 1.77 bits per heavy atom. The Bertz CT molecular complexity index is 271. The summed E-state index contributed by atoms with van der Waals surface area (Å²) in [4.78, 5) is 4.28. The highest BCUT2D eigenvalue weighted by Crippen LogP contribution is 2.18. The van der Waals surface area contributed by atoms with Crippen LogP contribution in [0.15, 0.2) is 5.38 Å². The van der Waals surface area contributed by atoms with Crippen molar-refractivity contribution < 1.29 is 9.84 Å². The predicted octanol–water partition coefficient (Wildman–Crippen LogP) is 0.296. The lowest BCUT2D eigenvalue weighted by Gasteiger charge is -2.21. The molecule has 72 valence electrons. The number of nitrogens with one attached hydrogen (secondary N) is 1. The number of ether oxygens (including phenoxy) is 1. The molecule has 0 aromatic carbocycles. The summed E-state index contributed by atoms with van der Waals surface area (Å²) in [5.41, 5.74) is 0.980. The first-order valence-corrected chi connectivity index (χ1v) is 5.14. The number of aliphatic hydroxyl groups excluding tert-OH is 1. The van der Waals surface area contributed by atoms with Crippen LogP contribution in [0.5, 0.6) is 0 Å². The maximum Gasteiger partial charge on any atom is 0.118 e. The molecule has 2 rings (SSSR count). The zero-order valence-corrected chi connectivity index (χ0v) is 8.01. The third-order valence-electron chi connectivity index (χ3n) is 1.98. The van der Waals surface area contributed by atoms with Gasteiger partial charge in [-0.25, -0.2) is 4.98 Å². The molecule has 1 saturated heterocycles. The molecule has 2 heterocycles. The summed E-state index contributed by atoms with van der Waals surface area (Å²) >= 11 is 1.49. The van der Waals surface area contributed by atoms with Gasteiger partial charge in [0.2, 0.25) is 0 Å². The average molecular weight is 200 g/mol. The van der Waals surface area contributed by atoms with Crippen molar-refractivity contribution in [3.8, 4) is 0 Å². The van der Waals surface area contributed by atoms with Crippen LogP contribution in [0.25, 0.3) is 0 Å². The Morgan fingerprint density at radius 3 is 3.31 bits per heavy atom. The first-order chi connectivity index (χ1) is 6.40. The van der Waals surface area contributed by atoms with Crippen LogP contribution in [0.2, 0.25) is 0 Å². The molecule has 0 bridgehead atoms. The van der Waals surface area contributed by atoms with E-state index in [9.17, 15) is 0 Å². The van der Waals surface area contributed by atoms with E-state index in [-0.39, 0.29) is 12.6 Å². The van der Waals surface area contributed by atoms with Crippen molar-refractivity contribution in [2.75, 3.05) is 19.8 Å². The number of hydrogen-bond donors (Lipinski definition) is 2. The summed E-state index contributed by atoms with van der Waals surface area (Å²) in [5.74, 6) is 0. The zero-order valence-electron chi connectivity index (χ0n) is 7.19. The molecule has 1 aromatic rings. The molecule has 5 heteroatoms. The third-order valence-corrected chi connectivity index (χ3v) is 2.84. The fourth-order valence-electron chi connectivity index (χ4n) is 1.31. The summed E-state index contributed by atoms with van der Waals surface area (Å²) in [6.07, 6.45) is 0. The largest absolute Gasteiger partial charge is 0.389 e. The van der Waals surface area contributed by atoms with Gasteiger partial charge >= 0.3 is 0 Å². The first-order valence-electron chi connectivity index (χ1n) is 4.26. The minimum atomic E-state index is 0.0260. The molecule has 0 radical (unpaired) electrons. The summed E-state index contributed by atoms with van der Waals surface area (Å²) in [7, 11) is 0. The second kappa shape index (κ2) is 4.15. The number of aromatic nitrogens is 1. The highest BCUT2D eigenvalue weighted by atomic mass is 32.1. The molecule has 1 unspecified atom stereocenters. The van der Waals surface area contributed by atoms with Gasteiger partial charge in [0.25, 0.3) is 0 Å². The number of morpholine rings is 1. The van der Waals surface area contributed by atoms with Crippen molar-refractivity contribution in [2.24, 2.45) is 0 Å². The minimum Gasteiger partial charge on any atom is -0.389 e. The third kappa shape index (κ3) is 2.05. The Balaban J connectivity index is 2.05. The number of nitrogens with zero attached hydrogens (tertiary/aromatic N) is 1. The van der Waals surface area contributed by atoms with E-state index in [1.807, 2.05) is 5.38 Å². The van der Waals surface area contributed by atoms with Gasteiger partial charge in [0.15, 0.2) is 0 Å². The van der Waals surface area contributed by atoms with E-state index in [0.29, 0.717) is 6.61 Å². The summed E-state index contributed by atoms with van der Waals surface area (Å²) < 4.78 is 5.32. The summed E-state index contributed by atoms with van der Waals surface area (Å²) in [5, 5.41) is 14.9. The lowest BCUT2D eigenvalue weighted by Crippen LogP contribution is -2.34. The van der Waals surface area contributed by atoms with E-state index in [0.717, 1.165) is 23.9 Å². The van der Waals surface area contributed by atoms with Gasteiger partial charge in [-0.3, -0.25) is 0 Å². The lowest BCUT2D eigenvalue weighted by molar-refractivity contribution is 0.0757. The van der Waals surface area contributed by atoms with Gasteiger partial charge in [0, 0.05) is 11.9 Å². The van der Waals surface area contributed by atoms with Gasteiger partial charge in [0.1, 0.15) is 5.01 Å². The van der Waals surface area contributed by atoms with Gasteiger partial charge < -0.3 is 15.2 Å². The van der Waals surface area contributed by atoms with Crippen LogP contribution in [0.3, 0.4) is 0 Å². The topological polar surface area (TPSA) is 54.4 Å². The Labute approximate surface area is 80.6 Å². The molecule has 4 nitrogen and oxygen atoms in total. The molecule has 1 aliphatic heterocycles. The minimum absolute atomic E-state index is 0.0260. The lowest BCUT2D eigenvalue weighted by atomic mass is 10.2. The Morgan fingerprint density at radius 2 is 2.69 bits per heavy atom. The molecule has 2 N–H and O–H groups in total. The van der Waals surface area contributed by atoms with Crippen LogP contribution < -0.4 is 5.32 Å². The summed E-state index contributed by atoms with van der Waals surface area (Å²) in [6.45, 7) is 2.34. The molecule has 0 spiro atoms. The second-order valence-electron chi connectivity index (χ2n) is 2.91. The molecular formula is C8H12N2O2S. The van der Waals surface area contributed by atoms with Gasteiger partial charge in [-0.05, 0) is 0 Å². The van der Waals surface area contributed by atoms with E-state index < -0.39 is 0 Å². The molecule has 1 aliphatic rings. The quantitative estimate of drug-likeness (QED) is 0.721. The standard InChI is InChI=1S/C8H12N2O2S/c11-3-8-10-7(5-13-8)6-4-12-2-1-9-6/h5-6,9,11H,1-4H2. The Hall–Kier alpha value is -0.490. The molecular weight excluding hydrogens is 188 g/mol. The fraction of sp³-hybridized carbons (Fsp3) is 0.625. The van der Waals surface area contributed by atoms with Gasteiger partial charge in [-0.1, -0.05) is 0 Å². The van der Waals surface area contributed by atoms with Crippen molar-refractivity contribution in [3.63, 3.8) is 0 Å². The van der Waals surface area contributed by atoms with Crippen LogP contribution in [-0.2, 0) is 11.3 Å². The van der Waals surface area contributed by atoms with Crippen LogP contribution in [0, 0.1) is 0 Å². The smallest absolute Gasteiger partial charge is 0.118 e. The van der Waals surface area contributed by atoms with E-state index in [1.54, 1.807) is 0 Å². The molecule has 0 saturated carbocycles. The van der Waals surface area contributed by atoms with Gasteiger partial charge in [0.05, 0.1) is 31.6 Å². The molecule has 1 atom stereocenters. The number of thiazole rings is 1. The van der Waals surface area contributed by atoms with Crippen LogP contribution >= 0.6 is 11.3 Å². The van der Waals surface area contributed by atoms with Crippen molar-refractivity contribution in [2.45, 2.75) is 12.6 Å². The van der Waals surface area contributed by atoms with Crippen LogP contribution in [-0.4, -0.2) is 29.8 Å². The number of hydrogen-bond acceptors (Lipinski definition) is 5. The predicted molar refractivity (Wildman–Crippen MR) is 49.6 cm³/mol. The van der Waals surface area contributed by atoms with Crippen LogP contribution in [0.1, 0.15) is 16.7 Å². The first kappa shape index (κ1) is 9.08. The van der Waals surface area contributed by atoms with E-state index in [4.69, 9.17) is 9.84 Å². The number of rotatable bonds is 2. The van der Waals surface area contributed by atoms with E-state index in [1.165, 1.54) is 11.3 Å². The molecule has 1 fully saturated rings. The summed E-state index contributed by atoms with van der Waals surface area (Å²) in [6, 6.07) is 0.199. The van der Waals surface area contributed by atoms with E-state index in [2.05, 4.69) is 10.3 Å². The average Bonchev–Trinajstić information content (AvgIpc) is 2.67. The van der Waals surface area contributed by atoms with Crippen molar-refractivity contribution >= 4 is 11.3 Å². The highest BCUT2D eigenvalue weighted by Gasteiger charge is 2.17. The Kier molecular flexibility index (Phi) is 2.90. The maximum absolute atomic E-state index is 8.85. The SMILES string of the molecule is OCc1nc(C2COCCN2)cs1. The van der Waals surface area contributed by atoms with Gasteiger partial charge in [-0.2, -0.15) is 0 Å². The van der Waals surface area contributed by atoms with E-state index >= 15 is 0 Å². The fourth-order valence-corrected chi connectivity index (χ4v) is 2.02. The molecule has 1 aromatic heterocycles. The normalized spacial score (nSPS) is 23.3. The molecule has 13 heavy (non-hydrogen) atoms. The van der Waals surface area contributed by atoms with Crippen molar-refractivity contribution in [1.82, 2.24) is 10.3 Å². The second-order valence-corrected chi connectivity index (χ2v) is 3.85. The monoisotopic (exact) mass is 200 g/mol. The van der Waals surface area contributed by atoms with Crippen molar-refractivity contribution in [1.29, 1.82) is 0 Å². The molecule has 0 amide bonds. The van der Waals surface area contributed by atoms with Crippen LogP contribution in [0.4, 0.5) is 0 Å². The molecule has 0 aliphatic carbocycles. The maximum atomic E-state index is 8.85. The zero-order chi connectivity index (χ0) is 9.10. The highest BCUT2D eigenvalue weighted by molar-refractivity contribution is 7.09. The van der Waals surface area contributed by atoms with Crippen molar-refractivity contribution in [3.05, 3.63) is 16.1 Å². The number of aliphatic hydroxyl groups is 1.